The normalized spacial score (nSPS) is 18.1. The van der Waals surface area contributed by atoms with Crippen LogP contribution in [-0.4, -0.2) is 54.3 Å². The summed E-state index contributed by atoms with van der Waals surface area (Å²) in [5, 5.41) is 15.9. The van der Waals surface area contributed by atoms with Gasteiger partial charge in [0.15, 0.2) is 5.82 Å². The van der Waals surface area contributed by atoms with Gasteiger partial charge < -0.3 is 14.8 Å². The molecule has 0 bridgehead atoms. The van der Waals surface area contributed by atoms with Crippen LogP contribution in [0.4, 0.5) is 5.69 Å². The smallest absolute Gasteiger partial charge is 0.229 e. The van der Waals surface area contributed by atoms with Crippen LogP contribution in [0.2, 0.25) is 0 Å². The van der Waals surface area contributed by atoms with Gasteiger partial charge >= 0.3 is 0 Å². The van der Waals surface area contributed by atoms with Gasteiger partial charge in [0.05, 0.1) is 17.8 Å². The molecule has 1 atom stereocenters. The maximum atomic E-state index is 12.7. The largest absolute Gasteiger partial charge is 0.342 e. The van der Waals surface area contributed by atoms with E-state index in [1.807, 2.05) is 18.2 Å². The minimum atomic E-state index is -0.342. The molecule has 2 aliphatic heterocycles. The number of carbonyl (C=O) groups is 2. The number of aromatic nitrogens is 5. The number of amides is 2. The number of rotatable bonds is 7. The van der Waals surface area contributed by atoms with Crippen LogP contribution in [0.1, 0.15) is 36.5 Å². The van der Waals surface area contributed by atoms with Crippen LogP contribution in [0.25, 0.3) is 0 Å². The monoisotopic (exact) mass is 433 g/mol. The molecule has 5 rings (SSSR count). The molecule has 3 aromatic rings. The number of anilines is 1. The summed E-state index contributed by atoms with van der Waals surface area (Å²) >= 11 is 0. The third-order valence-corrected chi connectivity index (χ3v) is 6.24. The average molecular weight is 434 g/mol. The zero-order valence-corrected chi connectivity index (χ0v) is 18.0. The van der Waals surface area contributed by atoms with Crippen molar-refractivity contribution in [2.45, 2.75) is 45.2 Å². The van der Waals surface area contributed by atoms with Gasteiger partial charge in [-0.15, -0.1) is 10.2 Å². The zero-order valence-electron chi connectivity index (χ0n) is 18.0. The van der Waals surface area contributed by atoms with E-state index in [-0.39, 0.29) is 24.2 Å². The molecule has 166 valence electrons. The number of hydrogen-bond donors (Lipinski definition) is 1. The summed E-state index contributed by atoms with van der Waals surface area (Å²) in [4.78, 5) is 26.9. The zero-order chi connectivity index (χ0) is 21.9. The Labute approximate surface area is 186 Å². The predicted molar refractivity (Wildman–Crippen MR) is 118 cm³/mol. The molecule has 1 N–H and O–H groups in total. The van der Waals surface area contributed by atoms with Gasteiger partial charge in [-0.3, -0.25) is 14.3 Å². The Morgan fingerprint density at radius 1 is 1.16 bits per heavy atom. The van der Waals surface area contributed by atoms with Gasteiger partial charge in [0, 0.05) is 38.7 Å². The second kappa shape index (κ2) is 8.94. The van der Waals surface area contributed by atoms with Gasteiger partial charge in [0.25, 0.3) is 0 Å². The first-order valence-electron chi connectivity index (χ1n) is 11.2. The van der Waals surface area contributed by atoms with E-state index >= 15 is 0 Å². The van der Waals surface area contributed by atoms with Crippen molar-refractivity contribution in [3.05, 3.63) is 59.9 Å². The first-order chi connectivity index (χ1) is 15.7. The summed E-state index contributed by atoms with van der Waals surface area (Å²) < 4.78 is 3.92. The first kappa shape index (κ1) is 20.4. The van der Waals surface area contributed by atoms with Gasteiger partial charge in [0.1, 0.15) is 12.4 Å². The highest BCUT2D eigenvalue weighted by Gasteiger charge is 2.34. The highest BCUT2D eigenvalue weighted by atomic mass is 16.2. The molecule has 9 nitrogen and oxygen atoms in total. The Morgan fingerprint density at radius 2 is 2.03 bits per heavy atom. The number of hydrogen-bond acceptors (Lipinski definition) is 5. The van der Waals surface area contributed by atoms with Crippen molar-refractivity contribution in [3.63, 3.8) is 0 Å². The van der Waals surface area contributed by atoms with Crippen molar-refractivity contribution in [2.75, 3.05) is 18.4 Å². The van der Waals surface area contributed by atoms with Crippen molar-refractivity contribution in [2.24, 2.45) is 5.92 Å². The SMILES string of the molecule is O=C(Nc1cnn(Cc2nnc3n2CCCC3)c1)[C@@H]1CC(=O)N(CCc2ccccc2)C1. The van der Waals surface area contributed by atoms with Gasteiger partial charge in [-0.1, -0.05) is 30.3 Å². The summed E-state index contributed by atoms with van der Waals surface area (Å²) in [7, 11) is 0. The van der Waals surface area contributed by atoms with E-state index in [1.165, 1.54) is 5.56 Å². The number of carbonyl (C=O) groups excluding carboxylic acids is 2. The molecule has 4 heterocycles. The topological polar surface area (TPSA) is 97.9 Å². The standard InChI is InChI=1S/C23H27N7O2/c31-22-12-18(14-28(22)11-9-17-6-2-1-3-7-17)23(32)25-19-13-24-29(15-19)16-21-27-26-20-8-4-5-10-30(20)21/h1-3,6-7,13,15,18H,4-5,8-12,14,16H2,(H,25,32)/t18-/m1/s1. The molecule has 2 aromatic heterocycles. The fraction of sp³-hybridized carbons (Fsp3) is 0.435. The summed E-state index contributed by atoms with van der Waals surface area (Å²) in [6.45, 7) is 2.54. The number of fused-ring (bicyclic) bond motifs is 1. The highest BCUT2D eigenvalue weighted by Crippen LogP contribution is 2.21. The Morgan fingerprint density at radius 3 is 2.91 bits per heavy atom. The van der Waals surface area contributed by atoms with E-state index in [1.54, 1.807) is 22.0 Å². The Kier molecular flexibility index (Phi) is 5.70. The van der Waals surface area contributed by atoms with Crippen LogP contribution in [-0.2, 0) is 35.5 Å². The predicted octanol–water partition coefficient (Wildman–Crippen LogP) is 1.89. The minimum Gasteiger partial charge on any atom is -0.342 e. The molecule has 0 unspecified atom stereocenters. The van der Waals surface area contributed by atoms with E-state index in [2.05, 4.69) is 37.3 Å². The lowest BCUT2D eigenvalue weighted by Crippen LogP contribution is -2.29. The summed E-state index contributed by atoms with van der Waals surface area (Å²) in [6.07, 6.45) is 7.74. The molecular weight excluding hydrogens is 406 g/mol. The molecule has 32 heavy (non-hydrogen) atoms. The van der Waals surface area contributed by atoms with E-state index in [4.69, 9.17) is 0 Å². The molecule has 1 aromatic carbocycles. The number of likely N-dealkylation sites (tertiary alicyclic amines) is 1. The summed E-state index contributed by atoms with van der Waals surface area (Å²) in [6, 6.07) is 10.1. The van der Waals surface area contributed by atoms with Gasteiger partial charge in [-0.05, 0) is 24.8 Å². The fourth-order valence-corrected chi connectivity index (χ4v) is 4.46. The molecule has 0 aliphatic carbocycles. The molecule has 0 saturated carbocycles. The molecule has 0 spiro atoms. The maximum Gasteiger partial charge on any atom is 0.229 e. The highest BCUT2D eigenvalue weighted by molar-refractivity contribution is 5.97. The third kappa shape index (κ3) is 4.42. The quantitative estimate of drug-likeness (QED) is 0.614. The average Bonchev–Trinajstić information content (AvgIpc) is 3.53. The van der Waals surface area contributed by atoms with Crippen LogP contribution < -0.4 is 5.32 Å². The second-order valence-corrected chi connectivity index (χ2v) is 8.53. The molecule has 1 saturated heterocycles. The van der Waals surface area contributed by atoms with Crippen molar-refractivity contribution in [1.29, 1.82) is 0 Å². The molecular formula is C23H27N7O2. The van der Waals surface area contributed by atoms with Crippen LogP contribution in [0.5, 0.6) is 0 Å². The van der Waals surface area contributed by atoms with Crippen molar-refractivity contribution in [1.82, 2.24) is 29.4 Å². The molecule has 2 aliphatic rings. The van der Waals surface area contributed by atoms with Crippen LogP contribution in [0, 0.1) is 5.92 Å². The van der Waals surface area contributed by atoms with Gasteiger partial charge in [-0.25, -0.2) is 0 Å². The van der Waals surface area contributed by atoms with Crippen LogP contribution in [0.15, 0.2) is 42.7 Å². The molecule has 0 radical (unpaired) electrons. The van der Waals surface area contributed by atoms with Gasteiger partial charge in [0.2, 0.25) is 11.8 Å². The summed E-state index contributed by atoms with van der Waals surface area (Å²) in [5.41, 5.74) is 1.82. The van der Waals surface area contributed by atoms with E-state index in [9.17, 15) is 9.59 Å². The lowest BCUT2D eigenvalue weighted by molar-refractivity contribution is -0.128. The summed E-state index contributed by atoms with van der Waals surface area (Å²) in [5.74, 6) is 1.48. The first-order valence-corrected chi connectivity index (χ1v) is 11.2. The van der Waals surface area contributed by atoms with E-state index in [0.717, 1.165) is 43.9 Å². The molecule has 2 amide bonds. The van der Waals surface area contributed by atoms with Crippen LogP contribution >= 0.6 is 0 Å². The van der Waals surface area contributed by atoms with E-state index in [0.29, 0.717) is 25.3 Å². The van der Waals surface area contributed by atoms with Crippen molar-refractivity contribution >= 4 is 17.5 Å². The number of benzene rings is 1. The van der Waals surface area contributed by atoms with E-state index < -0.39 is 0 Å². The minimum absolute atomic E-state index is 0.0355. The Balaban J connectivity index is 1.15. The van der Waals surface area contributed by atoms with Crippen molar-refractivity contribution in [3.8, 4) is 0 Å². The lowest BCUT2D eigenvalue weighted by Gasteiger charge is -2.16. The lowest BCUT2D eigenvalue weighted by atomic mass is 10.1. The number of aryl methyl sites for hydroxylation is 1. The maximum absolute atomic E-state index is 12.7. The van der Waals surface area contributed by atoms with Crippen LogP contribution in [0.3, 0.4) is 0 Å². The van der Waals surface area contributed by atoms with Crippen molar-refractivity contribution < 1.29 is 9.59 Å². The second-order valence-electron chi connectivity index (χ2n) is 8.53. The third-order valence-electron chi connectivity index (χ3n) is 6.24. The fourth-order valence-electron chi connectivity index (χ4n) is 4.46. The Hall–Kier alpha value is -3.49. The Bertz CT molecular complexity index is 1100. The molecule has 9 heteroatoms. The number of nitrogens with zero attached hydrogens (tertiary/aromatic N) is 6. The number of nitrogens with one attached hydrogen (secondary N) is 1. The molecule has 1 fully saturated rings. The van der Waals surface area contributed by atoms with Gasteiger partial charge in [-0.2, -0.15) is 5.10 Å².